The van der Waals surface area contributed by atoms with Crippen molar-refractivity contribution in [1.82, 2.24) is 9.55 Å². The Morgan fingerprint density at radius 1 is 1.33 bits per heavy atom. The van der Waals surface area contributed by atoms with Crippen LogP contribution >= 0.6 is 11.3 Å². The first-order valence-electron chi connectivity index (χ1n) is 9.08. The van der Waals surface area contributed by atoms with E-state index in [2.05, 4.69) is 10.3 Å². The van der Waals surface area contributed by atoms with Crippen LogP contribution in [0.5, 0.6) is 0 Å². The molecule has 5 nitrogen and oxygen atoms in total. The maximum atomic E-state index is 13.9. The molecule has 0 spiro atoms. The first-order chi connectivity index (χ1) is 13.0. The van der Waals surface area contributed by atoms with Crippen molar-refractivity contribution in [2.45, 2.75) is 45.6 Å². The second kappa shape index (κ2) is 7.23. The Balaban J connectivity index is 1.51. The first kappa shape index (κ1) is 17.9. The van der Waals surface area contributed by atoms with Crippen molar-refractivity contribution >= 4 is 33.1 Å². The lowest BCUT2D eigenvalue weighted by atomic mass is 9.97. The van der Waals surface area contributed by atoms with Gasteiger partial charge in [-0.2, -0.15) is 0 Å². The van der Waals surface area contributed by atoms with Crippen molar-refractivity contribution in [2.24, 2.45) is 0 Å². The van der Waals surface area contributed by atoms with Crippen molar-refractivity contribution in [2.75, 3.05) is 5.32 Å². The summed E-state index contributed by atoms with van der Waals surface area (Å²) in [6, 6.07) is 4.65. The molecule has 1 amide bonds. The number of halogens is 1. The van der Waals surface area contributed by atoms with E-state index in [1.807, 2.05) is 0 Å². The normalized spacial score (nSPS) is 13.6. The molecule has 1 aliphatic carbocycles. The van der Waals surface area contributed by atoms with Gasteiger partial charge in [0.1, 0.15) is 10.6 Å². The topological polar surface area (TPSA) is 64.0 Å². The van der Waals surface area contributed by atoms with Gasteiger partial charge in [-0.1, -0.05) is 6.07 Å². The number of thiophene rings is 1. The summed E-state index contributed by atoms with van der Waals surface area (Å²) in [5.41, 5.74) is 1.99. The van der Waals surface area contributed by atoms with Crippen molar-refractivity contribution in [3.05, 3.63) is 56.7 Å². The summed E-state index contributed by atoms with van der Waals surface area (Å²) in [6.45, 7) is 2.00. The highest BCUT2D eigenvalue weighted by Crippen LogP contribution is 2.33. The van der Waals surface area contributed by atoms with Crippen LogP contribution in [0.15, 0.2) is 29.3 Å². The largest absolute Gasteiger partial charge is 0.324 e. The van der Waals surface area contributed by atoms with Crippen LogP contribution in [0.4, 0.5) is 10.1 Å². The number of rotatable bonds is 4. The van der Waals surface area contributed by atoms with Gasteiger partial charge in [0, 0.05) is 17.8 Å². The number of aryl methyl sites for hydroxylation is 4. The Bertz CT molecular complexity index is 1090. The van der Waals surface area contributed by atoms with Crippen LogP contribution in [-0.2, 0) is 24.2 Å². The highest BCUT2D eigenvalue weighted by atomic mass is 32.1. The van der Waals surface area contributed by atoms with E-state index in [1.54, 1.807) is 30.4 Å². The van der Waals surface area contributed by atoms with E-state index >= 15 is 0 Å². The summed E-state index contributed by atoms with van der Waals surface area (Å²) in [5, 5.41) is 3.27. The SMILES string of the molecule is Cc1ccc(NC(=O)CCn2cnc3sc4c(c3c2=O)CCCC4)c(F)c1. The third kappa shape index (κ3) is 3.51. The molecule has 0 saturated carbocycles. The van der Waals surface area contributed by atoms with Crippen LogP contribution in [0.1, 0.15) is 35.3 Å². The lowest BCUT2D eigenvalue weighted by Gasteiger charge is -2.11. The molecule has 0 atom stereocenters. The quantitative estimate of drug-likeness (QED) is 0.743. The number of aromatic nitrogens is 2. The molecule has 0 unspecified atom stereocenters. The van der Waals surface area contributed by atoms with Gasteiger partial charge in [-0.15, -0.1) is 11.3 Å². The number of amides is 1. The number of nitrogens with one attached hydrogen (secondary N) is 1. The van der Waals surface area contributed by atoms with Gasteiger partial charge in [-0.3, -0.25) is 14.2 Å². The molecule has 27 heavy (non-hydrogen) atoms. The monoisotopic (exact) mass is 385 g/mol. The van der Waals surface area contributed by atoms with Crippen LogP contribution < -0.4 is 10.9 Å². The zero-order valence-corrected chi connectivity index (χ0v) is 15.9. The third-order valence-electron chi connectivity index (χ3n) is 4.92. The summed E-state index contributed by atoms with van der Waals surface area (Å²) in [6.07, 6.45) is 5.77. The van der Waals surface area contributed by atoms with Crippen LogP contribution in [-0.4, -0.2) is 15.5 Å². The number of fused-ring (bicyclic) bond motifs is 3. The summed E-state index contributed by atoms with van der Waals surface area (Å²) >= 11 is 1.61. The predicted molar refractivity (Wildman–Crippen MR) is 105 cm³/mol. The molecule has 3 aromatic rings. The van der Waals surface area contributed by atoms with Gasteiger partial charge in [0.2, 0.25) is 5.91 Å². The number of carbonyl (C=O) groups is 1. The molecule has 1 aromatic carbocycles. The first-order valence-corrected chi connectivity index (χ1v) is 9.90. The van der Waals surface area contributed by atoms with Crippen molar-refractivity contribution < 1.29 is 9.18 Å². The standard InChI is InChI=1S/C20H20FN3O2S/c1-12-6-7-15(14(21)10-12)23-17(25)8-9-24-11-22-19-18(20(24)26)13-4-2-3-5-16(13)27-19/h6-7,10-11H,2-5,8-9H2,1H3,(H,23,25). The van der Waals surface area contributed by atoms with Crippen LogP contribution in [0.25, 0.3) is 10.2 Å². The summed E-state index contributed by atoms with van der Waals surface area (Å²) in [5.74, 6) is -0.800. The second-order valence-electron chi connectivity index (χ2n) is 6.92. The smallest absolute Gasteiger partial charge is 0.262 e. The van der Waals surface area contributed by atoms with Crippen molar-refractivity contribution in [1.29, 1.82) is 0 Å². The van der Waals surface area contributed by atoms with Gasteiger partial charge >= 0.3 is 0 Å². The fourth-order valence-electron chi connectivity index (χ4n) is 3.50. The second-order valence-corrected chi connectivity index (χ2v) is 8.00. The van der Waals surface area contributed by atoms with E-state index in [4.69, 9.17) is 0 Å². The molecule has 1 N–H and O–H groups in total. The Morgan fingerprint density at radius 2 is 2.15 bits per heavy atom. The number of carbonyl (C=O) groups excluding carboxylic acids is 1. The minimum absolute atomic E-state index is 0.0761. The molecule has 140 valence electrons. The van der Waals surface area contributed by atoms with E-state index in [-0.39, 0.29) is 30.1 Å². The molecule has 2 aromatic heterocycles. The van der Waals surface area contributed by atoms with Gasteiger partial charge in [0.25, 0.3) is 5.56 Å². The average Bonchev–Trinajstić information content (AvgIpc) is 3.03. The number of nitrogens with zero attached hydrogens (tertiary/aromatic N) is 2. The molecular formula is C20H20FN3O2S. The van der Waals surface area contributed by atoms with Crippen LogP contribution in [0.3, 0.4) is 0 Å². The maximum Gasteiger partial charge on any atom is 0.262 e. The number of benzene rings is 1. The van der Waals surface area contributed by atoms with Crippen molar-refractivity contribution in [3.63, 3.8) is 0 Å². The number of hydrogen-bond donors (Lipinski definition) is 1. The molecule has 0 fully saturated rings. The van der Waals surface area contributed by atoms with E-state index in [1.165, 1.54) is 21.8 Å². The van der Waals surface area contributed by atoms with E-state index in [0.717, 1.165) is 41.6 Å². The molecule has 1 aliphatic rings. The van der Waals surface area contributed by atoms with E-state index in [0.29, 0.717) is 5.39 Å². The molecular weight excluding hydrogens is 365 g/mol. The van der Waals surface area contributed by atoms with Crippen LogP contribution in [0.2, 0.25) is 0 Å². The van der Waals surface area contributed by atoms with E-state index in [9.17, 15) is 14.0 Å². The minimum Gasteiger partial charge on any atom is -0.324 e. The zero-order chi connectivity index (χ0) is 19.0. The number of hydrogen-bond acceptors (Lipinski definition) is 4. The van der Waals surface area contributed by atoms with E-state index < -0.39 is 5.82 Å². The average molecular weight is 385 g/mol. The van der Waals surface area contributed by atoms with Gasteiger partial charge in [0.05, 0.1) is 17.4 Å². The third-order valence-corrected chi connectivity index (χ3v) is 6.12. The van der Waals surface area contributed by atoms with Gasteiger partial charge in [-0.05, 0) is 55.9 Å². The fourth-order valence-corrected chi connectivity index (χ4v) is 4.72. The highest BCUT2D eigenvalue weighted by Gasteiger charge is 2.20. The molecule has 0 bridgehead atoms. The summed E-state index contributed by atoms with van der Waals surface area (Å²) < 4.78 is 15.3. The van der Waals surface area contributed by atoms with Gasteiger partial charge in [-0.25, -0.2) is 9.37 Å². The molecule has 2 heterocycles. The van der Waals surface area contributed by atoms with Crippen molar-refractivity contribution in [3.8, 4) is 0 Å². The molecule has 7 heteroatoms. The Labute approximate surface area is 159 Å². The molecule has 0 saturated heterocycles. The Hall–Kier alpha value is -2.54. The summed E-state index contributed by atoms with van der Waals surface area (Å²) in [4.78, 5) is 31.5. The Kier molecular flexibility index (Phi) is 4.78. The van der Waals surface area contributed by atoms with Gasteiger partial charge < -0.3 is 5.32 Å². The summed E-state index contributed by atoms with van der Waals surface area (Å²) in [7, 11) is 0. The molecule has 4 rings (SSSR count). The molecule has 0 aliphatic heterocycles. The zero-order valence-electron chi connectivity index (χ0n) is 15.0. The maximum absolute atomic E-state index is 13.9. The fraction of sp³-hybridized carbons (Fsp3) is 0.350. The molecule has 0 radical (unpaired) electrons. The Morgan fingerprint density at radius 3 is 2.96 bits per heavy atom. The highest BCUT2D eigenvalue weighted by molar-refractivity contribution is 7.18. The van der Waals surface area contributed by atoms with Crippen LogP contribution in [0, 0.1) is 12.7 Å². The van der Waals surface area contributed by atoms with Gasteiger partial charge in [0.15, 0.2) is 0 Å². The predicted octanol–water partition coefficient (Wildman–Crippen LogP) is 3.81. The number of anilines is 1. The minimum atomic E-state index is -0.464. The lowest BCUT2D eigenvalue weighted by Crippen LogP contribution is -2.24. The lowest BCUT2D eigenvalue weighted by molar-refractivity contribution is -0.116.